The maximum Gasteiger partial charge on any atom is 0.433 e. The lowest BCUT2D eigenvalue weighted by Crippen LogP contribution is -2.33. The standard InChI is InChI=1S/C13H13ClF3N3S2/c14-10-3-1-9(2-4-10)5-6-22(20-12(18)21)7-11(19-8-22)13(15,16)17/h1-4,7-8H,5-6H2,(H3,18,20,21). The number of aryl methyl sites for hydroxylation is 1. The van der Waals surface area contributed by atoms with Gasteiger partial charge < -0.3 is 10.5 Å². The van der Waals surface area contributed by atoms with Gasteiger partial charge in [-0.25, -0.2) is 4.99 Å². The van der Waals surface area contributed by atoms with Gasteiger partial charge in [0.2, 0.25) is 0 Å². The molecule has 1 aliphatic rings. The average Bonchev–Trinajstić information content (AvgIpc) is 2.82. The zero-order valence-corrected chi connectivity index (χ0v) is 13.6. The zero-order valence-electron chi connectivity index (χ0n) is 11.2. The van der Waals surface area contributed by atoms with Gasteiger partial charge in [-0.2, -0.15) is 13.2 Å². The molecule has 0 amide bonds. The number of benzene rings is 1. The molecule has 1 unspecified atom stereocenters. The van der Waals surface area contributed by atoms with Crippen LogP contribution in [-0.4, -0.2) is 22.6 Å². The van der Waals surface area contributed by atoms with Gasteiger partial charge in [0.15, 0.2) is 10.8 Å². The van der Waals surface area contributed by atoms with Gasteiger partial charge in [0.05, 0.1) is 5.55 Å². The number of rotatable bonds is 4. The van der Waals surface area contributed by atoms with Gasteiger partial charge in [-0.1, -0.05) is 23.7 Å². The van der Waals surface area contributed by atoms with E-state index in [1.165, 1.54) is 5.55 Å². The molecule has 3 N–H and O–H groups in total. The lowest BCUT2D eigenvalue weighted by molar-refractivity contribution is -0.0919. The number of nitrogens with two attached hydrogens (primary N) is 1. The van der Waals surface area contributed by atoms with Crippen molar-refractivity contribution in [3.63, 3.8) is 0 Å². The van der Waals surface area contributed by atoms with Crippen LogP contribution in [0.3, 0.4) is 0 Å². The van der Waals surface area contributed by atoms with Crippen molar-refractivity contribution < 1.29 is 13.2 Å². The summed E-state index contributed by atoms with van der Waals surface area (Å²) in [6.45, 7) is 0. The van der Waals surface area contributed by atoms with Crippen molar-refractivity contribution in [3.8, 4) is 0 Å². The van der Waals surface area contributed by atoms with Gasteiger partial charge in [-0.15, -0.1) is 10.2 Å². The summed E-state index contributed by atoms with van der Waals surface area (Å²) in [6, 6.07) is 7.13. The van der Waals surface area contributed by atoms with Crippen LogP contribution in [0, 0.1) is 0 Å². The van der Waals surface area contributed by atoms with E-state index in [1.54, 1.807) is 12.1 Å². The predicted octanol–water partition coefficient (Wildman–Crippen LogP) is 3.88. The normalized spacial score (nSPS) is 23.7. The molecule has 2 rings (SSSR count). The number of thiocarbonyl (C=S) groups is 1. The summed E-state index contributed by atoms with van der Waals surface area (Å²) in [7, 11) is -2.12. The Labute approximate surface area is 137 Å². The molecule has 120 valence electrons. The van der Waals surface area contributed by atoms with Crippen LogP contribution in [0.25, 0.3) is 0 Å². The number of hydrogen-bond acceptors (Lipinski definition) is 2. The van der Waals surface area contributed by atoms with Gasteiger partial charge in [0.1, 0.15) is 0 Å². The van der Waals surface area contributed by atoms with E-state index in [0.717, 1.165) is 11.0 Å². The Bertz CT molecular complexity index is 628. The predicted molar refractivity (Wildman–Crippen MR) is 90.2 cm³/mol. The molecule has 1 atom stereocenters. The molecule has 0 aliphatic carbocycles. The number of allylic oxidation sites excluding steroid dienone is 1. The first-order valence-electron chi connectivity index (χ1n) is 6.16. The molecule has 1 aromatic carbocycles. The van der Waals surface area contributed by atoms with E-state index in [9.17, 15) is 13.2 Å². The number of nitrogens with zero attached hydrogens (tertiary/aromatic N) is 1. The molecule has 1 aliphatic heterocycles. The fraction of sp³-hybridized carbons (Fsp3) is 0.231. The highest BCUT2D eigenvalue weighted by Crippen LogP contribution is 2.50. The lowest BCUT2D eigenvalue weighted by Gasteiger charge is -2.31. The second kappa shape index (κ2) is 6.47. The number of alkyl halides is 3. The highest BCUT2D eigenvalue weighted by atomic mass is 35.5. The smallest absolute Gasteiger partial charge is 0.376 e. The maximum absolute atomic E-state index is 12.8. The molecule has 0 aromatic heterocycles. The first kappa shape index (κ1) is 17.1. The second-order valence-electron chi connectivity index (χ2n) is 4.63. The Morgan fingerprint density at radius 1 is 1.32 bits per heavy atom. The third-order valence-corrected chi connectivity index (χ3v) is 6.01. The minimum atomic E-state index is -4.48. The molecule has 0 saturated carbocycles. The molecular formula is C13H13ClF3N3S2. The molecule has 3 nitrogen and oxygen atoms in total. The molecule has 1 heterocycles. The van der Waals surface area contributed by atoms with Crippen molar-refractivity contribution in [1.82, 2.24) is 4.72 Å². The molecule has 0 fully saturated rings. The molecule has 0 saturated heterocycles. The summed E-state index contributed by atoms with van der Waals surface area (Å²) in [5.74, 6) is 0.412. The molecule has 0 radical (unpaired) electrons. The van der Waals surface area contributed by atoms with Crippen LogP contribution >= 0.6 is 34.0 Å². The first-order chi connectivity index (χ1) is 10.2. The quantitative estimate of drug-likeness (QED) is 0.794. The maximum atomic E-state index is 12.8. The zero-order chi connectivity index (χ0) is 16.4. The SMILES string of the molecule is NC(=S)NS1(CCc2ccc(Cl)cc2)C=NC(C(F)(F)F)=C1. The summed E-state index contributed by atoms with van der Waals surface area (Å²) in [6.07, 6.45) is -3.93. The van der Waals surface area contributed by atoms with Gasteiger partial charge in [-0.3, -0.25) is 0 Å². The summed E-state index contributed by atoms with van der Waals surface area (Å²) in [4.78, 5) is 3.49. The van der Waals surface area contributed by atoms with Crippen molar-refractivity contribution in [1.29, 1.82) is 0 Å². The van der Waals surface area contributed by atoms with Crippen molar-refractivity contribution >= 4 is 44.7 Å². The van der Waals surface area contributed by atoms with Crippen molar-refractivity contribution in [2.75, 3.05) is 5.75 Å². The Balaban J connectivity index is 2.18. The minimum absolute atomic E-state index is 0.0442. The van der Waals surface area contributed by atoms with Crippen molar-refractivity contribution in [3.05, 3.63) is 46.0 Å². The molecule has 1 aromatic rings. The molecule has 22 heavy (non-hydrogen) atoms. The first-order valence-corrected chi connectivity index (χ1v) is 8.87. The Kier molecular flexibility index (Phi) is 5.03. The topological polar surface area (TPSA) is 50.4 Å². The number of halogens is 4. The summed E-state index contributed by atoms with van der Waals surface area (Å²) in [5, 5.41) is 1.66. The van der Waals surface area contributed by atoms with E-state index in [0.29, 0.717) is 17.2 Å². The van der Waals surface area contributed by atoms with Crippen LogP contribution in [0.2, 0.25) is 5.02 Å². The van der Waals surface area contributed by atoms with Gasteiger partial charge in [0.25, 0.3) is 0 Å². The molecule has 0 spiro atoms. The van der Waals surface area contributed by atoms with Gasteiger partial charge in [-0.05, 0) is 36.3 Å². The van der Waals surface area contributed by atoms with Crippen LogP contribution in [0.15, 0.2) is 40.4 Å². The number of hydrogen-bond donors (Lipinski definition) is 2. The van der Waals surface area contributed by atoms with E-state index in [-0.39, 0.29) is 5.11 Å². The van der Waals surface area contributed by atoms with E-state index in [1.807, 2.05) is 12.1 Å². The van der Waals surface area contributed by atoms with Crippen LogP contribution in [0.5, 0.6) is 0 Å². The lowest BCUT2D eigenvalue weighted by atomic mass is 10.2. The fourth-order valence-corrected chi connectivity index (χ4v) is 4.83. The van der Waals surface area contributed by atoms with Crippen LogP contribution in [0.4, 0.5) is 13.2 Å². The van der Waals surface area contributed by atoms with Crippen LogP contribution < -0.4 is 10.5 Å². The second-order valence-corrected chi connectivity index (χ2v) is 8.27. The minimum Gasteiger partial charge on any atom is -0.376 e. The molecule has 9 heteroatoms. The van der Waals surface area contributed by atoms with Crippen LogP contribution in [0.1, 0.15) is 5.56 Å². The third-order valence-electron chi connectivity index (χ3n) is 2.92. The van der Waals surface area contributed by atoms with E-state index < -0.39 is 22.1 Å². The average molecular weight is 368 g/mol. The molecule has 0 bridgehead atoms. The van der Waals surface area contributed by atoms with E-state index in [4.69, 9.17) is 29.6 Å². The summed E-state index contributed by atoms with van der Waals surface area (Å²) < 4.78 is 41.1. The number of nitrogens with one attached hydrogen (secondary N) is 1. The van der Waals surface area contributed by atoms with E-state index in [2.05, 4.69) is 9.71 Å². The summed E-state index contributed by atoms with van der Waals surface area (Å²) >= 11 is 10.6. The van der Waals surface area contributed by atoms with E-state index >= 15 is 0 Å². The largest absolute Gasteiger partial charge is 0.433 e. The Morgan fingerprint density at radius 2 is 1.95 bits per heavy atom. The van der Waals surface area contributed by atoms with Gasteiger partial charge >= 0.3 is 6.18 Å². The monoisotopic (exact) mass is 367 g/mol. The van der Waals surface area contributed by atoms with Crippen LogP contribution in [-0.2, 0) is 6.42 Å². The fourth-order valence-electron chi connectivity index (χ4n) is 1.89. The molecular weight excluding hydrogens is 355 g/mol. The third kappa shape index (κ3) is 4.37. The highest BCUT2D eigenvalue weighted by Gasteiger charge is 2.39. The number of aliphatic imine (C=N–C) groups is 1. The van der Waals surface area contributed by atoms with Crippen molar-refractivity contribution in [2.24, 2.45) is 10.7 Å². The summed E-state index contributed by atoms with van der Waals surface area (Å²) in [5.41, 5.74) is 6.78. The highest BCUT2D eigenvalue weighted by molar-refractivity contribution is 8.45. The Morgan fingerprint density at radius 3 is 2.45 bits per heavy atom. The van der Waals surface area contributed by atoms with Crippen molar-refractivity contribution in [2.45, 2.75) is 12.6 Å². The van der Waals surface area contributed by atoms with Gasteiger partial charge in [0, 0.05) is 16.2 Å². The Hall–Kier alpha value is -1.25.